The van der Waals surface area contributed by atoms with E-state index in [1.807, 2.05) is 47.3 Å². The van der Waals surface area contributed by atoms with Crippen molar-refractivity contribution in [2.45, 2.75) is 13.1 Å². The van der Waals surface area contributed by atoms with Crippen LogP contribution < -0.4 is 9.80 Å². The van der Waals surface area contributed by atoms with Crippen LogP contribution in [-0.2, 0) is 13.1 Å². The van der Waals surface area contributed by atoms with Gasteiger partial charge in [0.05, 0.1) is 24.3 Å². The number of anilines is 2. The Morgan fingerprint density at radius 3 is 2.43 bits per heavy atom. The van der Waals surface area contributed by atoms with E-state index in [9.17, 15) is 0 Å². The minimum atomic E-state index is 0. The number of benzene rings is 3. The molecule has 0 bridgehead atoms. The molecule has 9 heteroatoms. The average Bonchev–Trinajstić information content (AvgIpc) is 3.56. The van der Waals surface area contributed by atoms with Crippen LogP contribution in [-0.4, -0.2) is 43.3 Å². The molecule has 0 amide bonds. The standard InChI is InChI=1S/C26H24N8.ClH/c1-3-7-20(8-4-1)21-11-12-25-22(15-21)17-33(14-13-32(25)18-23-16-27-19-28-23)26-29-30-31-34(26)24-9-5-2-6-10-24;/h1-12,15-16,19H,13-14,17-18H2,(H,27,28);1H. The maximum Gasteiger partial charge on any atom is 0.250 e. The third kappa shape index (κ3) is 4.61. The van der Waals surface area contributed by atoms with E-state index in [4.69, 9.17) is 0 Å². The number of nitrogens with one attached hydrogen (secondary N) is 1. The van der Waals surface area contributed by atoms with E-state index in [1.165, 1.54) is 22.4 Å². The molecule has 8 nitrogen and oxygen atoms in total. The van der Waals surface area contributed by atoms with Crippen LogP contribution in [0.4, 0.5) is 11.6 Å². The first-order valence-electron chi connectivity index (χ1n) is 11.3. The average molecular weight is 485 g/mol. The number of halogens is 1. The molecular formula is C26H25ClN8. The predicted molar refractivity (Wildman–Crippen MR) is 139 cm³/mol. The van der Waals surface area contributed by atoms with Gasteiger partial charge in [-0.15, -0.1) is 12.4 Å². The summed E-state index contributed by atoms with van der Waals surface area (Å²) in [5, 5.41) is 12.7. The van der Waals surface area contributed by atoms with Crippen LogP contribution in [0, 0.1) is 0 Å². The van der Waals surface area contributed by atoms with Gasteiger partial charge < -0.3 is 14.8 Å². The molecule has 1 aliphatic heterocycles. The van der Waals surface area contributed by atoms with Gasteiger partial charge in [0.2, 0.25) is 0 Å². The molecule has 0 radical (unpaired) electrons. The first kappa shape index (κ1) is 22.6. The summed E-state index contributed by atoms with van der Waals surface area (Å²) in [5.74, 6) is 0.741. The monoisotopic (exact) mass is 484 g/mol. The smallest absolute Gasteiger partial charge is 0.250 e. The molecule has 0 saturated heterocycles. The van der Waals surface area contributed by atoms with E-state index in [2.05, 4.69) is 77.8 Å². The molecule has 0 aliphatic carbocycles. The zero-order chi connectivity index (χ0) is 22.7. The van der Waals surface area contributed by atoms with E-state index in [-0.39, 0.29) is 12.4 Å². The van der Waals surface area contributed by atoms with Crippen molar-refractivity contribution in [3.8, 4) is 16.8 Å². The van der Waals surface area contributed by atoms with Gasteiger partial charge in [-0.25, -0.2) is 4.98 Å². The lowest BCUT2D eigenvalue weighted by Crippen LogP contribution is -2.32. The highest BCUT2D eigenvalue weighted by Crippen LogP contribution is 2.32. The van der Waals surface area contributed by atoms with Crippen LogP contribution in [0.15, 0.2) is 91.4 Å². The van der Waals surface area contributed by atoms with Crippen LogP contribution in [0.25, 0.3) is 16.8 Å². The molecule has 1 N–H and O–H groups in total. The molecule has 0 saturated carbocycles. The molecule has 176 valence electrons. The van der Waals surface area contributed by atoms with Crippen molar-refractivity contribution >= 4 is 24.0 Å². The van der Waals surface area contributed by atoms with Crippen molar-refractivity contribution in [1.29, 1.82) is 0 Å². The third-order valence-corrected chi connectivity index (χ3v) is 6.18. The lowest BCUT2D eigenvalue weighted by atomic mass is 10.0. The lowest BCUT2D eigenvalue weighted by molar-refractivity contribution is 0.715. The topological polar surface area (TPSA) is 78.8 Å². The highest BCUT2D eigenvalue weighted by molar-refractivity contribution is 5.85. The summed E-state index contributed by atoms with van der Waals surface area (Å²) in [6, 6.07) is 27.2. The fraction of sp³-hybridized carbons (Fsp3) is 0.154. The van der Waals surface area contributed by atoms with E-state index in [0.717, 1.165) is 37.0 Å². The van der Waals surface area contributed by atoms with Crippen LogP contribution in [0.3, 0.4) is 0 Å². The maximum absolute atomic E-state index is 4.41. The van der Waals surface area contributed by atoms with E-state index < -0.39 is 0 Å². The van der Waals surface area contributed by atoms with Gasteiger partial charge in [-0.2, -0.15) is 4.68 Å². The Morgan fingerprint density at radius 2 is 1.66 bits per heavy atom. The molecule has 6 rings (SSSR count). The molecular weight excluding hydrogens is 460 g/mol. The molecule has 5 aromatic rings. The number of hydrogen-bond donors (Lipinski definition) is 1. The zero-order valence-corrected chi connectivity index (χ0v) is 19.8. The molecule has 0 atom stereocenters. The molecule has 0 fully saturated rings. The molecule has 1 aliphatic rings. The first-order valence-corrected chi connectivity index (χ1v) is 11.3. The van der Waals surface area contributed by atoms with Gasteiger partial charge >= 0.3 is 0 Å². The van der Waals surface area contributed by atoms with Crippen LogP contribution >= 0.6 is 12.4 Å². The summed E-state index contributed by atoms with van der Waals surface area (Å²) in [7, 11) is 0. The van der Waals surface area contributed by atoms with Gasteiger partial charge in [-0.05, 0) is 51.4 Å². The highest BCUT2D eigenvalue weighted by Gasteiger charge is 2.25. The Hall–Kier alpha value is -4.17. The third-order valence-electron chi connectivity index (χ3n) is 6.18. The van der Waals surface area contributed by atoms with Crippen molar-refractivity contribution in [2.24, 2.45) is 0 Å². The van der Waals surface area contributed by atoms with Crippen LogP contribution in [0.1, 0.15) is 11.3 Å². The first-order chi connectivity index (χ1) is 16.8. The number of H-pyrrole nitrogens is 1. The van der Waals surface area contributed by atoms with Crippen molar-refractivity contribution in [2.75, 3.05) is 22.9 Å². The summed E-state index contributed by atoms with van der Waals surface area (Å²) >= 11 is 0. The van der Waals surface area contributed by atoms with Gasteiger partial charge in [0.25, 0.3) is 5.95 Å². The second-order valence-electron chi connectivity index (χ2n) is 8.36. The summed E-state index contributed by atoms with van der Waals surface area (Å²) in [6.07, 6.45) is 3.61. The van der Waals surface area contributed by atoms with Crippen LogP contribution in [0.5, 0.6) is 0 Å². The Bertz CT molecular complexity index is 1370. The summed E-state index contributed by atoms with van der Waals surface area (Å²) in [4.78, 5) is 12.1. The fourth-order valence-corrected chi connectivity index (χ4v) is 4.50. The number of aromatic amines is 1. The number of imidazole rings is 1. The quantitative estimate of drug-likeness (QED) is 0.395. The largest absolute Gasteiger partial charge is 0.364 e. The number of nitrogens with zero attached hydrogens (tertiary/aromatic N) is 7. The van der Waals surface area contributed by atoms with Gasteiger partial charge in [-0.1, -0.05) is 59.7 Å². The van der Waals surface area contributed by atoms with Crippen molar-refractivity contribution in [1.82, 2.24) is 30.2 Å². The molecule has 3 heterocycles. The molecule has 0 unspecified atom stereocenters. The Labute approximate surface area is 209 Å². The minimum absolute atomic E-state index is 0. The Morgan fingerprint density at radius 1 is 0.857 bits per heavy atom. The van der Waals surface area contributed by atoms with Gasteiger partial charge in [-0.3, -0.25) is 0 Å². The van der Waals surface area contributed by atoms with Gasteiger partial charge in [0.15, 0.2) is 0 Å². The van der Waals surface area contributed by atoms with Gasteiger partial charge in [0.1, 0.15) is 0 Å². The second kappa shape index (κ2) is 9.99. The summed E-state index contributed by atoms with van der Waals surface area (Å²) < 4.78 is 1.81. The van der Waals surface area contributed by atoms with E-state index >= 15 is 0 Å². The zero-order valence-electron chi connectivity index (χ0n) is 19.0. The minimum Gasteiger partial charge on any atom is -0.364 e. The number of tetrazole rings is 1. The fourth-order valence-electron chi connectivity index (χ4n) is 4.50. The van der Waals surface area contributed by atoms with Crippen molar-refractivity contribution < 1.29 is 0 Å². The number of fused-ring (bicyclic) bond motifs is 1. The molecule has 0 spiro atoms. The van der Waals surface area contributed by atoms with Crippen molar-refractivity contribution in [3.63, 3.8) is 0 Å². The normalized spacial score (nSPS) is 13.1. The number of hydrogen-bond acceptors (Lipinski definition) is 6. The molecule has 35 heavy (non-hydrogen) atoms. The molecule has 2 aromatic heterocycles. The predicted octanol–water partition coefficient (Wildman–Crippen LogP) is 4.50. The Kier molecular flexibility index (Phi) is 6.45. The second-order valence-corrected chi connectivity index (χ2v) is 8.36. The SMILES string of the molecule is Cl.c1ccc(-c2ccc3c(c2)CN(c2nnnn2-c2ccccc2)CCN3Cc2cnc[nH]2)cc1. The lowest BCUT2D eigenvalue weighted by Gasteiger charge is -2.24. The number of aromatic nitrogens is 6. The Balaban J connectivity index is 0.00000253. The highest BCUT2D eigenvalue weighted by atomic mass is 35.5. The molecule has 3 aromatic carbocycles. The van der Waals surface area contributed by atoms with E-state index in [0.29, 0.717) is 6.54 Å². The van der Waals surface area contributed by atoms with Crippen molar-refractivity contribution in [3.05, 3.63) is 103 Å². The number of rotatable bonds is 5. The summed E-state index contributed by atoms with van der Waals surface area (Å²) in [6.45, 7) is 3.09. The van der Waals surface area contributed by atoms with Crippen LogP contribution in [0.2, 0.25) is 0 Å². The van der Waals surface area contributed by atoms with Gasteiger partial charge in [0, 0.05) is 31.5 Å². The summed E-state index contributed by atoms with van der Waals surface area (Å²) in [5.41, 5.74) is 6.89. The maximum atomic E-state index is 4.41. The van der Waals surface area contributed by atoms with E-state index in [1.54, 1.807) is 6.33 Å². The number of para-hydroxylation sites is 1.